The van der Waals surface area contributed by atoms with Crippen molar-refractivity contribution in [1.82, 2.24) is 21.3 Å². The fourth-order valence-electron chi connectivity index (χ4n) is 7.49. The number of hydrogen-bond donors (Lipinski definition) is 6. The summed E-state index contributed by atoms with van der Waals surface area (Å²) in [5, 5.41) is 30.9. The van der Waals surface area contributed by atoms with Gasteiger partial charge in [0.25, 0.3) is 0 Å². The number of carbonyl (C=O) groups is 5. The minimum Gasteiger partial charge on any atom is -0.481 e. The van der Waals surface area contributed by atoms with Crippen LogP contribution in [0.1, 0.15) is 90.8 Å². The van der Waals surface area contributed by atoms with Crippen LogP contribution in [0.25, 0.3) is 0 Å². The molecule has 1 heterocycles. The highest BCUT2D eigenvalue weighted by Crippen LogP contribution is 2.32. The van der Waals surface area contributed by atoms with Crippen LogP contribution in [-0.2, 0) is 62.7 Å². The van der Waals surface area contributed by atoms with Gasteiger partial charge in [-0.25, -0.2) is 4.79 Å². The lowest BCUT2D eigenvalue weighted by Crippen LogP contribution is -2.61. The number of carboxylic acid groups (broad SMARTS) is 1. The number of carbonyl (C=O) groups excluding carboxylic acids is 4. The molecule has 6 N–H and O–H groups in total. The molecule has 0 saturated carbocycles. The first-order valence-corrected chi connectivity index (χ1v) is 22.8. The van der Waals surface area contributed by atoms with Crippen molar-refractivity contribution in [2.75, 3.05) is 13.2 Å². The zero-order valence-electron chi connectivity index (χ0n) is 39.3. The molecule has 3 aromatic rings. The van der Waals surface area contributed by atoms with Crippen molar-refractivity contribution in [3.8, 4) is 0 Å². The lowest BCUT2D eigenvalue weighted by Gasteiger charge is -2.46. The SMILES string of the molecule is CC(C)CC(NC(=O)OC(C)(C)C)C(=O)NC(CC(=O)O)C(=O)NC(C(=O)NCCCC1OC(CO)C(OCc2ccccc2)C(OCc2ccccc2)C1OCc1ccccc1)C(C)C. The largest absolute Gasteiger partial charge is 0.481 e. The molecule has 3 aromatic carbocycles. The van der Waals surface area contributed by atoms with E-state index in [-0.39, 0.29) is 45.3 Å². The van der Waals surface area contributed by atoms with Crippen molar-refractivity contribution in [3.63, 3.8) is 0 Å². The van der Waals surface area contributed by atoms with Crippen molar-refractivity contribution in [1.29, 1.82) is 0 Å². The van der Waals surface area contributed by atoms with E-state index in [1.165, 1.54) is 0 Å². The number of amides is 4. The van der Waals surface area contributed by atoms with Gasteiger partial charge in [0.05, 0.1) is 39.0 Å². The summed E-state index contributed by atoms with van der Waals surface area (Å²) >= 11 is 0. The third kappa shape index (κ3) is 18.1. The van der Waals surface area contributed by atoms with Crippen LogP contribution < -0.4 is 21.3 Å². The molecule has 8 unspecified atom stereocenters. The molecule has 16 heteroatoms. The van der Waals surface area contributed by atoms with Crippen LogP contribution in [0.3, 0.4) is 0 Å². The molecular weight excluding hydrogens is 849 g/mol. The van der Waals surface area contributed by atoms with Gasteiger partial charge in [-0.3, -0.25) is 19.2 Å². The van der Waals surface area contributed by atoms with Gasteiger partial charge in [-0.15, -0.1) is 0 Å². The second kappa shape index (κ2) is 26.7. The Labute approximate surface area is 388 Å². The number of nitrogens with one attached hydrogen (secondary N) is 4. The molecule has 1 fully saturated rings. The van der Waals surface area contributed by atoms with Crippen LogP contribution in [0.2, 0.25) is 0 Å². The van der Waals surface area contributed by atoms with E-state index in [0.29, 0.717) is 12.8 Å². The highest BCUT2D eigenvalue weighted by Gasteiger charge is 2.48. The number of carboxylic acids is 1. The van der Waals surface area contributed by atoms with Gasteiger partial charge >= 0.3 is 12.1 Å². The molecule has 4 rings (SSSR count). The van der Waals surface area contributed by atoms with E-state index in [9.17, 15) is 34.2 Å². The molecular formula is C50H70N4O12. The Bertz CT molecular complexity index is 1950. The third-order valence-electron chi connectivity index (χ3n) is 10.7. The first-order chi connectivity index (χ1) is 31.4. The number of aliphatic hydroxyl groups is 1. The van der Waals surface area contributed by atoms with E-state index in [0.717, 1.165) is 16.7 Å². The smallest absolute Gasteiger partial charge is 0.408 e. The summed E-state index contributed by atoms with van der Waals surface area (Å²) in [6, 6.07) is 25.3. The van der Waals surface area contributed by atoms with E-state index in [1.807, 2.05) is 105 Å². The van der Waals surface area contributed by atoms with Crippen molar-refractivity contribution >= 4 is 29.8 Å². The Hall–Kier alpha value is -5.39. The number of hydrogen-bond acceptors (Lipinski definition) is 11. The summed E-state index contributed by atoms with van der Waals surface area (Å²) in [5.74, 6) is -4.03. The van der Waals surface area contributed by atoms with Gasteiger partial charge in [-0.1, -0.05) is 119 Å². The standard InChI is InChI=1S/C50H70N4O12/c1-32(2)26-37(53-49(61)66-50(5,6)7)46(58)52-38(27-41(56)57)47(59)54-42(33(3)4)48(60)51-25-17-24-39-43(62-29-34-18-11-8-12-19-34)45(64-31-36-22-15-10-16-23-36)44(40(28-55)65-39)63-30-35-20-13-9-14-21-35/h8-16,18-23,32-33,37-40,42-45,55H,17,24-31H2,1-7H3,(H,51,60)(H,52,58)(H,53,61)(H,54,59)(H,56,57). The maximum absolute atomic E-state index is 13.7. The van der Waals surface area contributed by atoms with E-state index in [4.69, 9.17) is 23.7 Å². The van der Waals surface area contributed by atoms with Crippen LogP contribution in [0, 0.1) is 11.8 Å². The fourth-order valence-corrected chi connectivity index (χ4v) is 7.49. The number of rotatable bonds is 25. The zero-order valence-corrected chi connectivity index (χ0v) is 39.3. The number of benzene rings is 3. The first-order valence-electron chi connectivity index (χ1n) is 22.8. The van der Waals surface area contributed by atoms with Gasteiger partial charge in [0.15, 0.2) is 0 Å². The lowest BCUT2D eigenvalue weighted by atomic mass is 9.91. The molecule has 0 aromatic heterocycles. The molecule has 8 atom stereocenters. The molecule has 66 heavy (non-hydrogen) atoms. The van der Waals surface area contributed by atoms with Crippen LogP contribution in [0.5, 0.6) is 0 Å². The third-order valence-corrected chi connectivity index (χ3v) is 10.7. The number of alkyl carbamates (subject to hydrolysis) is 1. The van der Waals surface area contributed by atoms with Crippen molar-refractivity contribution in [2.45, 2.75) is 148 Å². The second-order valence-corrected chi connectivity index (χ2v) is 18.3. The van der Waals surface area contributed by atoms with Crippen LogP contribution in [0.15, 0.2) is 91.0 Å². The number of ether oxygens (including phenoxy) is 5. The molecule has 1 saturated heterocycles. The molecule has 0 bridgehead atoms. The highest BCUT2D eigenvalue weighted by atomic mass is 16.6. The maximum atomic E-state index is 13.7. The minimum absolute atomic E-state index is 0.0600. The zero-order chi connectivity index (χ0) is 48.2. The van der Waals surface area contributed by atoms with E-state index >= 15 is 0 Å². The molecule has 0 aliphatic carbocycles. The quantitative estimate of drug-likeness (QED) is 0.0586. The Balaban J connectivity index is 1.47. The van der Waals surface area contributed by atoms with Gasteiger partial charge in [-0.05, 0) is 68.6 Å². The molecule has 362 valence electrons. The molecule has 16 nitrogen and oxygen atoms in total. The van der Waals surface area contributed by atoms with Crippen molar-refractivity contribution in [3.05, 3.63) is 108 Å². The Morgan fingerprint density at radius 2 is 1.14 bits per heavy atom. The van der Waals surface area contributed by atoms with Crippen molar-refractivity contribution in [2.24, 2.45) is 11.8 Å². The summed E-state index contributed by atoms with van der Waals surface area (Å²) in [5.41, 5.74) is 1.99. The summed E-state index contributed by atoms with van der Waals surface area (Å²) in [6.45, 7) is 12.7. The predicted molar refractivity (Wildman–Crippen MR) is 247 cm³/mol. The lowest BCUT2D eigenvalue weighted by molar-refractivity contribution is -0.271. The highest BCUT2D eigenvalue weighted by molar-refractivity contribution is 5.95. The molecule has 1 aliphatic heterocycles. The average Bonchev–Trinajstić information content (AvgIpc) is 3.27. The van der Waals surface area contributed by atoms with Gasteiger partial charge in [-0.2, -0.15) is 0 Å². The Kier molecular flexibility index (Phi) is 21.5. The molecule has 0 spiro atoms. The number of aliphatic carboxylic acids is 1. The Morgan fingerprint density at radius 3 is 1.59 bits per heavy atom. The fraction of sp³-hybridized carbons (Fsp3) is 0.540. The monoisotopic (exact) mass is 918 g/mol. The van der Waals surface area contributed by atoms with E-state index in [1.54, 1.807) is 34.6 Å². The Morgan fingerprint density at radius 1 is 0.652 bits per heavy atom. The topological polar surface area (TPSA) is 220 Å². The van der Waals surface area contributed by atoms with Crippen LogP contribution >= 0.6 is 0 Å². The van der Waals surface area contributed by atoms with Gasteiger partial charge in [0.2, 0.25) is 17.7 Å². The average molecular weight is 919 g/mol. The normalized spacial score (nSPS) is 19.9. The van der Waals surface area contributed by atoms with Gasteiger partial charge < -0.3 is 55.2 Å². The van der Waals surface area contributed by atoms with E-state index in [2.05, 4.69) is 21.3 Å². The van der Waals surface area contributed by atoms with E-state index < -0.39 is 96.4 Å². The predicted octanol–water partition coefficient (Wildman–Crippen LogP) is 5.44. The second-order valence-electron chi connectivity index (χ2n) is 18.3. The molecule has 1 aliphatic rings. The number of aliphatic hydroxyl groups excluding tert-OH is 1. The van der Waals surface area contributed by atoms with Gasteiger partial charge in [0, 0.05) is 6.54 Å². The summed E-state index contributed by atoms with van der Waals surface area (Å²) in [4.78, 5) is 65.3. The van der Waals surface area contributed by atoms with Crippen molar-refractivity contribution < 1.29 is 57.9 Å². The van der Waals surface area contributed by atoms with Gasteiger partial charge in [0.1, 0.15) is 48.1 Å². The first kappa shape index (κ1) is 53.2. The van der Waals surface area contributed by atoms with Crippen LogP contribution in [-0.4, -0.2) is 107 Å². The van der Waals surface area contributed by atoms with Crippen LogP contribution in [0.4, 0.5) is 4.79 Å². The summed E-state index contributed by atoms with van der Waals surface area (Å²) < 4.78 is 31.7. The summed E-state index contributed by atoms with van der Waals surface area (Å²) in [6.07, 6.45) is -4.04. The minimum atomic E-state index is -1.56. The molecule has 4 amide bonds. The maximum Gasteiger partial charge on any atom is 0.408 e. The molecule has 0 radical (unpaired) electrons. The summed E-state index contributed by atoms with van der Waals surface area (Å²) in [7, 11) is 0.